The van der Waals surface area contributed by atoms with Gasteiger partial charge in [0.25, 0.3) is 0 Å². The Morgan fingerprint density at radius 1 is 1.31 bits per heavy atom. The molecule has 1 aromatic carbocycles. The molecule has 1 unspecified atom stereocenters. The van der Waals surface area contributed by atoms with Gasteiger partial charge in [0, 0.05) is 34.4 Å². The van der Waals surface area contributed by atoms with Gasteiger partial charge in [-0.1, -0.05) is 37.0 Å². The number of hydrogen-bond donors (Lipinski definition) is 1. The molecular weight excluding hydrogens is 218 g/mol. The number of hydrogen-bond acceptors (Lipinski definition) is 2. The molecule has 0 spiro atoms. The number of benzene rings is 1. The van der Waals surface area contributed by atoms with E-state index in [0.29, 0.717) is 12.3 Å². The Kier molecular flexibility index (Phi) is 6.55. The van der Waals surface area contributed by atoms with Crippen LogP contribution in [0.15, 0.2) is 30.3 Å². The molecule has 0 saturated carbocycles. The van der Waals surface area contributed by atoms with Crippen LogP contribution in [0.4, 0.5) is 0 Å². The SMILES string of the molecule is CCS(=O)CCNCC#Cc1ccccc1. The lowest BCUT2D eigenvalue weighted by atomic mass is 10.2. The van der Waals surface area contributed by atoms with E-state index in [1.807, 2.05) is 37.3 Å². The second-order valence-electron chi connectivity index (χ2n) is 3.28. The van der Waals surface area contributed by atoms with Crippen molar-refractivity contribution in [2.75, 3.05) is 24.6 Å². The van der Waals surface area contributed by atoms with Gasteiger partial charge in [0.2, 0.25) is 0 Å². The van der Waals surface area contributed by atoms with Gasteiger partial charge in [-0.15, -0.1) is 0 Å². The van der Waals surface area contributed by atoms with Crippen molar-refractivity contribution < 1.29 is 4.21 Å². The van der Waals surface area contributed by atoms with E-state index < -0.39 is 10.8 Å². The molecule has 2 nitrogen and oxygen atoms in total. The van der Waals surface area contributed by atoms with Crippen LogP contribution in [-0.4, -0.2) is 28.8 Å². The van der Waals surface area contributed by atoms with E-state index in [4.69, 9.17) is 0 Å². The fourth-order valence-electron chi connectivity index (χ4n) is 1.15. The molecule has 0 amide bonds. The van der Waals surface area contributed by atoms with E-state index in [1.54, 1.807) is 0 Å². The lowest BCUT2D eigenvalue weighted by Crippen LogP contribution is -2.21. The lowest BCUT2D eigenvalue weighted by molar-refractivity contribution is 0.679. The second-order valence-corrected chi connectivity index (χ2v) is 5.14. The van der Waals surface area contributed by atoms with E-state index in [0.717, 1.165) is 17.9 Å². The van der Waals surface area contributed by atoms with E-state index >= 15 is 0 Å². The first-order chi connectivity index (χ1) is 7.83. The van der Waals surface area contributed by atoms with Crippen molar-refractivity contribution >= 4 is 10.8 Å². The topological polar surface area (TPSA) is 29.1 Å². The lowest BCUT2D eigenvalue weighted by Gasteiger charge is -1.98. The van der Waals surface area contributed by atoms with Crippen LogP contribution < -0.4 is 5.32 Å². The zero-order chi connectivity index (χ0) is 11.6. The van der Waals surface area contributed by atoms with Gasteiger partial charge in [0.15, 0.2) is 0 Å². The summed E-state index contributed by atoms with van der Waals surface area (Å²) in [4.78, 5) is 0. The first-order valence-corrected chi connectivity index (χ1v) is 6.91. The summed E-state index contributed by atoms with van der Waals surface area (Å²) in [5, 5.41) is 3.15. The summed E-state index contributed by atoms with van der Waals surface area (Å²) in [7, 11) is -0.679. The molecule has 0 aliphatic carbocycles. The van der Waals surface area contributed by atoms with Crippen LogP contribution in [0.1, 0.15) is 12.5 Å². The summed E-state index contributed by atoms with van der Waals surface area (Å²) >= 11 is 0. The van der Waals surface area contributed by atoms with Gasteiger partial charge < -0.3 is 5.32 Å². The Morgan fingerprint density at radius 2 is 2.06 bits per heavy atom. The second kappa shape index (κ2) is 8.09. The molecule has 1 N–H and O–H groups in total. The maximum Gasteiger partial charge on any atom is 0.0580 e. The summed E-state index contributed by atoms with van der Waals surface area (Å²) in [5.41, 5.74) is 1.03. The minimum absolute atomic E-state index is 0.649. The number of nitrogens with one attached hydrogen (secondary N) is 1. The predicted octanol–water partition coefficient (Wildman–Crippen LogP) is 1.40. The van der Waals surface area contributed by atoms with Crippen LogP contribution in [0.5, 0.6) is 0 Å². The molecule has 16 heavy (non-hydrogen) atoms. The van der Waals surface area contributed by atoms with Crippen molar-refractivity contribution in [3.8, 4) is 11.8 Å². The van der Waals surface area contributed by atoms with Crippen molar-refractivity contribution in [1.82, 2.24) is 5.32 Å². The highest BCUT2D eigenvalue weighted by Crippen LogP contribution is 1.93. The highest BCUT2D eigenvalue weighted by Gasteiger charge is 1.92. The molecule has 0 aromatic heterocycles. The Morgan fingerprint density at radius 3 is 2.75 bits per heavy atom. The highest BCUT2D eigenvalue weighted by atomic mass is 32.2. The van der Waals surface area contributed by atoms with Crippen LogP contribution in [-0.2, 0) is 10.8 Å². The zero-order valence-electron chi connectivity index (χ0n) is 9.53. The largest absolute Gasteiger partial charge is 0.305 e. The van der Waals surface area contributed by atoms with E-state index in [-0.39, 0.29) is 0 Å². The smallest absolute Gasteiger partial charge is 0.0580 e. The summed E-state index contributed by atoms with van der Waals surface area (Å²) in [5.74, 6) is 7.54. The molecule has 86 valence electrons. The molecule has 0 aliphatic heterocycles. The summed E-state index contributed by atoms with van der Waals surface area (Å²) in [6.45, 7) is 3.35. The molecule has 0 saturated heterocycles. The molecule has 3 heteroatoms. The molecule has 0 heterocycles. The fourth-order valence-corrected chi connectivity index (χ4v) is 1.81. The van der Waals surface area contributed by atoms with Gasteiger partial charge in [0.1, 0.15) is 0 Å². The van der Waals surface area contributed by atoms with Crippen LogP contribution >= 0.6 is 0 Å². The number of rotatable bonds is 5. The van der Waals surface area contributed by atoms with Gasteiger partial charge in [-0.2, -0.15) is 0 Å². The van der Waals surface area contributed by atoms with E-state index in [9.17, 15) is 4.21 Å². The van der Waals surface area contributed by atoms with Gasteiger partial charge >= 0.3 is 0 Å². The molecule has 0 aliphatic rings. The first kappa shape index (κ1) is 13.0. The molecule has 1 rings (SSSR count). The highest BCUT2D eigenvalue weighted by molar-refractivity contribution is 7.84. The first-order valence-electron chi connectivity index (χ1n) is 5.42. The Balaban J connectivity index is 2.17. The third kappa shape index (κ3) is 5.69. The average Bonchev–Trinajstić information content (AvgIpc) is 2.34. The fraction of sp³-hybridized carbons (Fsp3) is 0.385. The van der Waals surface area contributed by atoms with E-state index in [1.165, 1.54) is 0 Å². The van der Waals surface area contributed by atoms with Crippen LogP contribution in [0.3, 0.4) is 0 Å². The van der Waals surface area contributed by atoms with Crippen molar-refractivity contribution in [3.63, 3.8) is 0 Å². The van der Waals surface area contributed by atoms with Crippen molar-refractivity contribution in [1.29, 1.82) is 0 Å². The Labute approximate surface area is 99.9 Å². The minimum Gasteiger partial charge on any atom is -0.305 e. The molecule has 0 bridgehead atoms. The predicted molar refractivity (Wildman–Crippen MR) is 69.7 cm³/mol. The van der Waals surface area contributed by atoms with Gasteiger partial charge in [-0.25, -0.2) is 0 Å². The van der Waals surface area contributed by atoms with Gasteiger partial charge in [0.05, 0.1) is 6.54 Å². The van der Waals surface area contributed by atoms with Crippen molar-refractivity contribution in [2.45, 2.75) is 6.92 Å². The monoisotopic (exact) mass is 235 g/mol. The van der Waals surface area contributed by atoms with Crippen LogP contribution in [0, 0.1) is 11.8 Å². The quantitative estimate of drug-likeness (QED) is 0.617. The standard InChI is InChI=1S/C13H17NOS/c1-2-16(15)12-11-14-10-6-9-13-7-4-3-5-8-13/h3-5,7-8,14H,2,10-12H2,1H3. The van der Waals surface area contributed by atoms with Crippen molar-refractivity contribution in [3.05, 3.63) is 35.9 Å². The molecule has 0 fully saturated rings. The maximum atomic E-state index is 11.1. The zero-order valence-corrected chi connectivity index (χ0v) is 10.3. The maximum absolute atomic E-state index is 11.1. The summed E-state index contributed by atoms with van der Waals surface area (Å²) in [6.07, 6.45) is 0. The molecule has 0 radical (unpaired) electrons. The summed E-state index contributed by atoms with van der Waals surface area (Å²) in [6, 6.07) is 9.89. The van der Waals surface area contributed by atoms with Crippen LogP contribution in [0.2, 0.25) is 0 Å². The summed E-state index contributed by atoms with van der Waals surface area (Å²) < 4.78 is 11.1. The van der Waals surface area contributed by atoms with Crippen LogP contribution in [0.25, 0.3) is 0 Å². The minimum atomic E-state index is -0.679. The molecule has 1 aromatic rings. The van der Waals surface area contributed by atoms with E-state index in [2.05, 4.69) is 17.2 Å². The molecule has 1 atom stereocenters. The van der Waals surface area contributed by atoms with Gasteiger partial charge in [-0.3, -0.25) is 4.21 Å². The Hall–Kier alpha value is -1.11. The molecular formula is C13H17NOS. The normalized spacial score (nSPS) is 11.6. The van der Waals surface area contributed by atoms with Gasteiger partial charge in [-0.05, 0) is 12.1 Å². The third-order valence-corrected chi connectivity index (χ3v) is 3.35. The average molecular weight is 235 g/mol. The van der Waals surface area contributed by atoms with Crippen molar-refractivity contribution in [2.24, 2.45) is 0 Å². The Bertz CT molecular complexity index is 378. The third-order valence-electron chi connectivity index (χ3n) is 2.05.